The molecule has 0 saturated heterocycles. The van der Waals surface area contributed by atoms with Gasteiger partial charge in [-0.05, 0) is 18.2 Å². The summed E-state index contributed by atoms with van der Waals surface area (Å²) in [4.78, 5) is 4.34. The maximum Gasteiger partial charge on any atom is 0.260 e. The van der Waals surface area contributed by atoms with E-state index < -0.39 is 0 Å². The lowest BCUT2D eigenvalue weighted by molar-refractivity contribution is 0.402. The van der Waals surface area contributed by atoms with Crippen molar-refractivity contribution in [2.24, 2.45) is 0 Å². The van der Waals surface area contributed by atoms with Gasteiger partial charge in [-0.3, -0.25) is 0 Å². The summed E-state index contributed by atoms with van der Waals surface area (Å²) in [5, 5.41) is 4.54. The van der Waals surface area contributed by atoms with Gasteiger partial charge >= 0.3 is 0 Å². The number of nitrogens with two attached hydrogens (primary N) is 1. The molecule has 2 rings (SSSR count). The largest absolute Gasteiger partial charge is 0.398 e. The summed E-state index contributed by atoms with van der Waals surface area (Å²) in [6.45, 7) is 6.06. The smallest absolute Gasteiger partial charge is 0.260 e. The molecule has 0 amide bonds. The van der Waals surface area contributed by atoms with E-state index in [0.29, 0.717) is 28.0 Å². The Labute approximate surface area is 105 Å². The number of aromatic nitrogens is 2. The number of benzene rings is 1. The van der Waals surface area contributed by atoms with Crippen LogP contribution in [0.5, 0.6) is 0 Å². The average Bonchev–Trinajstić information content (AvgIpc) is 2.65. The fourth-order valence-electron chi connectivity index (χ4n) is 1.37. The molecular formula is C12H14ClN3O. The fourth-order valence-corrected chi connectivity index (χ4v) is 1.55. The quantitative estimate of drug-likeness (QED) is 0.790. The Morgan fingerprint density at radius 1 is 1.29 bits per heavy atom. The first-order chi connectivity index (χ1) is 7.88. The summed E-state index contributed by atoms with van der Waals surface area (Å²) in [6, 6.07) is 5.18. The van der Waals surface area contributed by atoms with Crippen LogP contribution >= 0.6 is 11.6 Å². The zero-order chi connectivity index (χ0) is 12.6. The molecule has 0 aliphatic carbocycles. The van der Waals surface area contributed by atoms with Gasteiger partial charge in [-0.1, -0.05) is 37.5 Å². The summed E-state index contributed by atoms with van der Waals surface area (Å²) >= 11 is 5.84. The lowest BCUT2D eigenvalue weighted by Crippen LogP contribution is -2.13. The topological polar surface area (TPSA) is 64.9 Å². The summed E-state index contributed by atoms with van der Waals surface area (Å²) in [7, 11) is 0. The lowest BCUT2D eigenvalue weighted by atomic mass is 9.96. The van der Waals surface area contributed by atoms with E-state index >= 15 is 0 Å². The van der Waals surface area contributed by atoms with Crippen LogP contribution in [-0.2, 0) is 5.41 Å². The fraction of sp³-hybridized carbons (Fsp3) is 0.333. The Hall–Kier alpha value is -1.55. The van der Waals surface area contributed by atoms with Crippen molar-refractivity contribution in [2.75, 3.05) is 5.73 Å². The zero-order valence-corrected chi connectivity index (χ0v) is 10.7. The highest BCUT2D eigenvalue weighted by atomic mass is 35.5. The minimum atomic E-state index is -0.150. The van der Waals surface area contributed by atoms with Gasteiger partial charge in [-0.2, -0.15) is 4.98 Å². The number of anilines is 1. The Morgan fingerprint density at radius 3 is 2.53 bits per heavy atom. The van der Waals surface area contributed by atoms with Gasteiger partial charge in [0.2, 0.25) is 0 Å². The van der Waals surface area contributed by atoms with E-state index in [9.17, 15) is 0 Å². The Bertz CT molecular complexity index is 543. The molecule has 2 N–H and O–H groups in total. The maximum absolute atomic E-state index is 5.86. The zero-order valence-electron chi connectivity index (χ0n) is 9.99. The summed E-state index contributed by atoms with van der Waals surface area (Å²) in [6.07, 6.45) is 0. The predicted molar refractivity (Wildman–Crippen MR) is 67.9 cm³/mol. The first kappa shape index (κ1) is 11.9. The molecule has 90 valence electrons. The predicted octanol–water partition coefficient (Wildman–Crippen LogP) is 3.27. The number of rotatable bonds is 1. The van der Waals surface area contributed by atoms with Gasteiger partial charge in [0.1, 0.15) is 0 Å². The molecule has 17 heavy (non-hydrogen) atoms. The molecule has 1 aromatic carbocycles. The molecule has 0 radical (unpaired) electrons. The molecule has 2 aromatic rings. The van der Waals surface area contributed by atoms with E-state index in [1.807, 2.05) is 20.8 Å². The minimum absolute atomic E-state index is 0.150. The van der Waals surface area contributed by atoms with Crippen LogP contribution in [0, 0.1) is 0 Å². The van der Waals surface area contributed by atoms with E-state index in [1.165, 1.54) is 0 Å². The molecule has 1 aromatic heterocycles. The molecule has 1 heterocycles. The second kappa shape index (κ2) is 4.04. The van der Waals surface area contributed by atoms with E-state index in [1.54, 1.807) is 18.2 Å². The van der Waals surface area contributed by atoms with E-state index in [0.717, 1.165) is 0 Å². The molecular weight excluding hydrogens is 238 g/mol. The third-order valence-electron chi connectivity index (χ3n) is 2.34. The molecule has 0 aliphatic rings. The van der Waals surface area contributed by atoms with Crippen LogP contribution in [0.3, 0.4) is 0 Å². The standard InChI is InChI=1S/C12H14ClN3O/c1-12(2,3)11-15-10(17-16-11)8-5-4-7(13)6-9(8)14/h4-6H,14H2,1-3H3. The molecule has 0 bridgehead atoms. The van der Waals surface area contributed by atoms with Gasteiger partial charge in [0, 0.05) is 16.1 Å². The molecule has 0 aliphatic heterocycles. The normalized spacial score (nSPS) is 11.8. The maximum atomic E-state index is 5.86. The van der Waals surface area contributed by atoms with Gasteiger partial charge in [0.05, 0.1) is 5.56 Å². The Balaban J connectivity index is 2.44. The number of hydrogen-bond acceptors (Lipinski definition) is 4. The lowest BCUT2D eigenvalue weighted by Gasteiger charge is -2.10. The van der Waals surface area contributed by atoms with Crippen molar-refractivity contribution >= 4 is 17.3 Å². The van der Waals surface area contributed by atoms with E-state index in [-0.39, 0.29) is 5.41 Å². The average molecular weight is 252 g/mol. The molecule has 0 saturated carbocycles. The van der Waals surface area contributed by atoms with Crippen LogP contribution in [0.1, 0.15) is 26.6 Å². The van der Waals surface area contributed by atoms with Crippen molar-refractivity contribution in [3.05, 3.63) is 29.0 Å². The number of nitrogens with zero attached hydrogens (tertiary/aromatic N) is 2. The van der Waals surface area contributed by atoms with Crippen LogP contribution in [0.4, 0.5) is 5.69 Å². The number of nitrogen functional groups attached to an aromatic ring is 1. The van der Waals surface area contributed by atoms with Crippen molar-refractivity contribution in [3.8, 4) is 11.5 Å². The van der Waals surface area contributed by atoms with Crippen LogP contribution in [0.25, 0.3) is 11.5 Å². The monoisotopic (exact) mass is 251 g/mol. The van der Waals surface area contributed by atoms with Gasteiger partial charge in [-0.25, -0.2) is 0 Å². The Morgan fingerprint density at radius 2 is 2.00 bits per heavy atom. The van der Waals surface area contributed by atoms with Crippen LogP contribution < -0.4 is 5.73 Å². The van der Waals surface area contributed by atoms with Gasteiger partial charge < -0.3 is 10.3 Å². The first-order valence-electron chi connectivity index (χ1n) is 5.27. The van der Waals surface area contributed by atoms with E-state index in [2.05, 4.69) is 10.1 Å². The molecule has 0 unspecified atom stereocenters. The van der Waals surface area contributed by atoms with Crippen LogP contribution in [0.15, 0.2) is 22.7 Å². The third kappa shape index (κ3) is 2.42. The summed E-state index contributed by atoms with van der Waals surface area (Å²) in [5.74, 6) is 1.07. The number of halogens is 1. The molecule has 0 atom stereocenters. The molecule has 0 fully saturated rings. The Kier molecular flexibility index (Phi) is 2.83. The highest BCUT2D eigenvalue weighted by Gasteiger charge is 2.22. The third-order valence-corrected chi connectivity index (χ3v) is 2.58. The van der Waals surface area contributed by atoms with Gasteiger partial charge in [0.25, 0.3) is 5.89 Å². The van der Waals surface area contributed by atoms with Crippen LogP contribution in [-0.4, -0.2) is 10.1 Å². The first-order valence-corrected chi connectivity index (χ1v) is 5.65. The summed E-state index contributed by atoms with van der Waals surface area (Å²) < 4.78 is 5.21. The van der Waals surface area contributed by atoms with Crippen LogP contribution in [0.2, 0.25) is 5.02 Å². The van der Waals surface area contributed by atoms with Crippen molar-refractivity contribution in [1.82, 2.24) is 10.1 Å². The SMILES string of the molecule is CC(C)(C)c1noc(-c2ccc(Cl)cc2N)n1. The van der Waals surface area contributed by atoms with Gasteiger partial charge in [-0.15, -0.1) is 0 Å². The highest BCUT2D eigenvalue weighted by molar-refractivity contribution is 6.31. The molecule has 4 nitrogen and oxygen atoms in total. The highest BCUT2D eigenvalue weighted by Crippen LogP contribution is 2.29. The molecule has 0 spiro atoms. The van der Waals surface area contributed by atoms with E-state index in [4.69, 9.17) is 21.9 Å². The minimum Gasteiger partial charge on any atom is -0.398 e. The van der Waals surface area contributed by atoms with Crippen molar-refractivity contribution in [3.63, 3.8) is 0 Å². The van der Waals surface area contributed by atoms with Crippen molar-refractivity contribution < 1.29 is 4.52 Å². The second-order valence-electron chi connectivity index (χ2n) is 4.90. The van der Waals surface area contributed by atoms with Crippen molar-refractivity contribution in [2.45, 2.75) is 26.2 Å². The second-order valence-corrected chi connectivity index (χ2v) is 5.34. The van der Waals surface area contributed by atoms with Gasteiger partial charge in [0.15, 0.2) is 5.82 Å². The number of hydrogen-bond donors (Lipinski definition) is 1. The van der Waals surface area contributed by atoms with Crippen molar-refractivity contribution in [1.29, 1.82) is 0 Å². The summed E-state index contributed by atoms with van der Waals surface area (Å²) in [5.41, 5.74) is 6.94. The molecule has 5 heteroatoms.